The first-order chi connectivity index (χ1) is 15.5. The summed E-state index contributed by atoms with van der Waals surface area (Å²) in [6.45, 7) is 3.71. The molecule has 5 heteroatoms. The van der Waals surface area contributed by atoms with E-state index in [1.54, 1.807) is 6.20 Å². The van der Waals surface area contributed by atoms with E-state index < -0.39 is 5.54 Å². The van der Waals surface area contributed by atoms with E-state index in [0.717, 1.165) is 59.2 Å². The monoisotopic (exact) mass is 425 g/mol. The second-order valence-electron chi connectivity index (χ2n) is 8.99. The molecule has 0 spiro atoms. The van der Waals surface area contributed by atoms with Crippen LogP contribution >= 0.6 is 0 Å². The fraction of sp³-hybridized carbons (Fsp3) is 0.333. The molecule has 1 amide bonds. The molecule has 1 aliphatic carbocycles. The van der Waals surface area contributed by atoms with Gasteiger partial charge in [0.1, 0.15) is 12.4 Å². The number of nitrogens with one attached hydrogen (secondary N) is 1. The van der Waals surface area contributed by atoms with Crippen LogP contribution in [0.1, 0.15) is 46.3 Å². The van der Waals surface area contributed by atoms with Crippen LogP contribution in [0.3, 0.4) is 0 Å². The fourth-order valence-corrected chi connectivity index (χ4v) is 4.44. The van der Waals surface area contributed by atoms with Crippen LogP contribution in [0.2, 0.25) is 0 Å². The quantitative estimate of drug-likeness (QED) is 0.606. The average molecular weight is 426 g/mol. The van der Waals surface area contributed by atoms with E-state index >= 15 is 0 Å². The molecule has 1 aliphatic heterocycles. The molecule has 2 aliphatic rings. The molecular weight excluding hydrogens is 398 g/mol. The number of terminal acetylenes is 1. The molecule has 2 aromatic carbocycles. The summed E-state index contributed by atoms with van der Waals surface area (Å²) in [4.78, 5) is 20.1. The Morgan fingerprint density at radius 2 is 2.16 bits per heavy atom. The molecule has 32 heavy (non-hydrogen) atoms. The zero-order valence-corrected chi connectivity index (χ0v) is 18.5. The van der Waals surface area contributed by atoms with Gasteiger partial charge in [0.05, 0.1) is 11.1 Å². The third-order valence-electron chi connectivity index (χ3n) is 6.84. The summed E-state index contributed by atoms with van der Waals surface area (Å²) >= 11 is 0. The van der Waals surface area contributed by atoms with Crippen LogP contribution in [-0.4, -0.2) is 42.0 Å². The first kappa shape index (κ1) is 20.5. The number of ether oxygens (including phenoxy) is 1. The summed E-state index contributed by atoms with van der Waals surface area (Å²) in [6, 6.07) is 14.1. The predicted octanol–water partition coefficient (Wildman–Crippen LogP) is 4.03. The van der Waals surface area contributed by atoms with E-state index in [-0.39, 0.29) is 5.91 Å². The Balaban J connectivity index is 1.40. The second kappa shape index (κ2) is 7.96. The van der Waals surface area contributed by atoms with Crippen molar-refractivity contribution in [1.82, 2.24) is 15.2 Å². The number of aryl methyl sites for hydroxylation is 1. The molecule has 5 nitrogen and oxygen atoms in total. The highest BCUT2D eigenvalue weighted by molar-refractivity contribution is 5.97. The van der Waals surface area contributed by atoms with E-state index in [9.17, 15) is 4.79 Å². The van der Waals surface area contributed by atoms with Gasteiger partial charge in [-0.25, -0.2) is 0 Å². The van der Waals surface area contributed by atoms with Gasteiger partial charge in [-0.15, -0.1) is 6.42 Å². The van der Waals surface area contributed by atoms with Crippen molar-refractivity contribution in [2.45, 2.75) is 37.8 Å². The van der Waals surface area contributed by atoms with Crippen molar-refractivity contribution >= 4 is 16.8 Å². The third-order valence-corrected chi connectivity index (χ3v) is 6.84. The maximum atomic E-state index is 13.4. The lowest BCUT2D eigenvalue weighted by Crippen LogP contribution is -2.48. The van der Waals surface area contributed by atoms with Crippen LogP contribution in [0.25, 0.3) is 10.9 Å². The molecule has 5 rings (SSSR count). The van der Waals surface area contributed by atoms with E-state index in [4.69, 9.17) is 11.2 Å². The highest BCUT2D eigenvalue weighted by Gasteiger charge is 2.47. The van der Waals surface area contributed by atoms with Gasteiger partial charge in [0.15, 0.2) is 0 Å². The molecule has 1 aromatic heterocycles. The third kappa shape index (κ3) is 3.72. The largest absolute Gasteiger partial charge is 0.492 e. The van der Waals surface area contributed by atoms with Gasteiger partial charge in [-0.1, -0.05) is 18.1 Å². The SMILES string of the molecule is C#Cc1cc(C2(NC(=O)c3cc(OC[C@@H]4CCN4C)ccc3C)CC2)c2cccnc2c1. The van der Waals surface area contributed by atoms with Crippen molar-refractivity contribution in [3.05, 3.63) is 70.9 Å². The van der Waals surface area contributed by atoms with Crippen LogP contribution in [0.5, 0.6) is 5.75 Å². The lowest BCUT2D eigenvalue weighted by atomic mass is 9.96. The molecule has 0 unspecified atom stereocenters. The number of hydrogen-bond donors (Lipinski definition) is 1. The van der Waals surface area contributed by atoms with Crippen molar-refractivity contribution in [3.8, 4) is 18.1 Å². The molecule has 1 atom stereocenters. The average Bonchev–Trinajstić information content (AvgIpc) is 3.58. The topological polar surface area (TPSA) is 54.5 Å². The molecule has 2 heterocycles. The summed E-state index contributed by atoms with van der Waals surface area (Å²) in [5.74, 6) is 3.37. The Morgan fingerprint density at radius 3 is 2.84 bits per heavy atom. The first-order valence-corrected chi connectivity index (χ1v) is 11.1. The number of rotatable bonds is 6. The number of likely N-dealkylation sites (tertiary alicyclic amines) is 1. The molecule has 0 radical (unpaired) electrons. The van der Waals surface area contributed by atoms with Crippen LogP contribution in [0.4, 0.5) is 0 Å². The van der Waals surface area contributed by atoms with Gasteiger partial charge in [-0.05, 0) is 81.2 Å². The number of amides is 1. The number of carbonyl (C=O) groups excluding carboxylic acids is 1. The highest BCUT2D eigenvalue weighted by Crippen LogP contribution is 2.48. The predicted molar refractivity (Wildman–Crippen MR) is 126 cm³/mol. The van der Waals surface area contributed by atoms with Gasteiger partial charge in [-0.2, -0.15) is 0 Å². The summed E-state index contributed by atoms with van der Waals surface area (Å²) < 4.78 is 5.99. The van der Waals surface area contributed by atoms with Crippen LogP contribution < -0.4 is 10.1 Å². The zero-order valence-electron chi connectivity index (χ0n) is 18.5. The number of carbonyl (C=O) groups is 1. The molecule has 1 N–H and O–H groups in total. The second-order valence-corrected chi connectivity index (χ2v) is 8.99. The molecule has 1 saturated heterocycles. The zero-order chi connectivity index (χ0) is 22.3. The number of pyridine rings is 1. The van der Waals surface area contributed by atoms with Gasteiger partial charge in [0.25, 0.3) is 5.91 Å². The molecule has 1 saturated carbocycles. The molecular formula is C27H27N3O2. The van der Waals surface area contributed by atoms with Crippen LogP contribution in [0.15, 0.2) is 48.7 Å². The normalized spacial score (nSPS) is 19.1. The minimum absolute atomic E-state index is 0.0886. The van der Waals surface area contributed by atoms with E-state index in [1.165, 1.54) is 0 Å². The maximum absolute atomic E-state index is 13.4. The lowest BCUT2D eigenvalue weighted by molar-refractivity contribution is 0.0767. The summed E-state index contributed by atoms with van der Waals surface area (Å²) in [7, 11) is 2.11. The minimum Gasteiger partial charge on any atom is -0.492 e. The smallest absolute Gasteiger partial charge is 0.252 e. The van der Waals surface area contributed by atoms with E-state index in [0.29, 0.717) is 18.2 Å². The van der Waals surface area contributed by atoms with Crippen LogP contribution in [-0.2, 0) is 5.54 Å². The lowest BCUT2D eigenvalue weighted by Gasteiger charge is -2.37. The Hall–Kier alpha value is -3.36. The number of likely N-dealkylation sites (N-methyl/N-ethyl adjacent to an activating group) is 1. The van der Waals surface area contributed by atoms with Crippen molar-refractivity contribution in [3.63, 3.8) is 0 Å². The van der Waals surface area contributed by atoms with Crippen molar-refractivity contribution in [2.75, 3.05) is 20.2 Å². The number of nitrogens with zero attached hydrogens (tertiary/aromatic N) is 2. The molecule has 3 aromatic rings. The molecule has 2 fully saturated rings. The summed E-state index contributed by atoms with van der Waals surface area (Å²) in [6.07, 6.45) is 10.4. The Morgan fingerprint density at radius 1 is 1.31 bits per heavy atom. The molecule has 0 bridgehead atoms. The van der Waals surface area contributed by atoms with Crippen molar-refractivity contribution in [1.29, 1.82) is 0 Å². The standard InChI is InChI=1S/C27H27N3O2/c1-4-19-14-24(22-6-5-12-28-25(22)15-19)27(10-11-27)29-26(31)23-16-21(8-7-18(23)2)32-17-20-9-13-30(20)3/h1,5-8,12,14-16,20H,9-11,13,17H2,2-3H3,(H,29,31)/t20-/m0/s1. The van der Waals surface area contributed by atoms with Crippen LogP contribution in [0, 0.1) is 19.3 Å². The summed E-state index contributed by atoms with van der Waals surface area (Å²) in [5, 5.41) is 4.34. The molecule has 162 valence electrons. The van der Waals surface area contributed by atoms with Gasteiger partial charge in [-0.3, -0.25) is 14.7 Å². The number of aromatic nitrogens is 1. The highest BCUT2D eigenvalue weighted by atomic mass is 16.5. The first-order valence-electron chi connectivity index (χ1n) is 11.1. The van der Waals surface area contributed by atoms with Gasteiger partial charge in [0.2, 0.25) is 0 Å². The fourth-order valence-electron chi connectivity index (χ4n) is 4.44. The Kier molecular flexibility index (Phi) is 5.11. The maximum Gasteiger partial charge on any atom is 0.252 e. The van der Waals surface area contributed by atoms with E-state index in [1.807, 2.05) is 49.4 Å². The summed E-state index contributed by atoms with van der Waals surface area (Å²) in [5.41, 5.74) is 3.83. The van der Waals surface area contributed by atoms with Crippen molar-refractivity contribution in [2.24, 2.45) is 0 Å². The number of hydrogen-bond acceptors (Lipinski definition) is 4. The van der Waals surface area contributed by atoms with Gasteiger partial charge in [0, 0.05) is 28.8 Å². The van der Waals surface area contributed by atoms with Crippen molar-refractivity contribution < 1.29 is 9.53 Å². The van der Waals surface area contributed by atoms with Gasteiger partial charge < -0.3 is 10.1 Å². The minimum atomic E-state index is -0.414. The Labute approximate surface area is 188 Å². The van der Waals surface area contributed by atoms with Gasteiger partial charge >= 0.3 is 0 Å². The number of benzene rings is 2. The number of fused-ring (bicyclic) bond motifs is 1. The van der Waals surface area contributed by atoms with E-state index in [2.05, 4.69) is 28.2 Å². The Bertz CT molecular complexity index is 1240.